The van der Waals surface area contributed by atoms with Crippen molar-refractivity contribution in [1.82, 2.24) is 4.57 Å². The molecule has 2 N–H and O–H groups in total. The molecule has 0 aliphatic heterocycles. The summed E-state index contributed by atoms with van der Waals surface area (Å²) >= 11 is 0. The highest BCUT2D eigenvalue weighted by Crippen LogP contribution is 2.31. The van der Waals surface area contributed by atoms with Crippen molar-refractivity contribution in [2.24, 2.45) is 0 Å². The minimum Gasteiger partial charge on any atom is -0.494 e. The van der Waals surface area contributed by atoms with Crippen molar-refractivity contribution >= 4 is 35.0 Å². The summed E-state index contributed by atoms with van der Waals surface area (Å²) in [5.41, 5.74) is 4.30. The van der Waals surface area contributed by atoms with Crippen LogP contribution in [0.15, 0.2) is 54.6 Å². The van der Waals surface area contributed by atoms with Gasteiger partial charge in [-0.05, 0) is 61.4 Å². The average molecular weight is 596 g/mol. The Morgan fingerprint density at radius 2 is 1.53 bits per heavy atom. The molecule has 0 saturated carbocycles. The Kier molecular flexibility index (Phi) is 10.5. The monoisotopic (exact) mass is 595 g/mol. The molecule has 4 aromatic rings. The molecular formula is C33H32F3NO6. The number of aromatic nitrogens is 1. The summed E-state index contributed by atoms with van der Waals surface area (Å²) in [6.07, 6.45) is 5.93. The third-order valence-corrected chi connectivity index (χ3v) is 6.97. The molecule has 0 saturated heterocycles. The summed E-state index contributed by atoms with van der Waals surface area (Å²) in [4.78, 5) is 22.7. The van der Waals surface area contributed by atoms with Crippen LogP contribution in [0.4, 0.5) is 13.2 Å². The minimum atomic E-state index is -1.08. The van der Waals surface area contributed by atoms with Crippen LogP contribution in [-0.4, -0.2) is 39.9 Å². The molecule has 3 aromatic carbocycles. The van der Waals surface area contributed by atoms with E-state index in [-0.39, 0.29) is 19.6 Å². The fourth-order valence-corrected chi connectivity index (χ4v) is 4.93. The Morgan fingerprint density at radius 1 is 0.860 bits per heavy atom. The van der Waals surface area contributed by atoms with E-state index in [9.17, 15) is 27.9 Å². The summed E-state index contributed by atoms with van der Waals surface area (Å²) in [7, 11) is 0. The zero-order valence-corrected chi connectivity index (χ0v) is 23.6. The third kappa shape index (κ3) is 8.18. The molecule has 226 valence electrons. The predicted octanol–water partition coefficient (Wildman–Crippen LogP) is 7.27. The second-order valence-electron chi connectivity index (χ2n) is 10.0. The van der Waals surface area contributed by atoms with Gasteiger partial charge in [0.2, 0.25) is 0 Å². The highest BCUT2D eigenvalue weighted by molar-refractivity contribution is 5.95. The lowest BCUT2D eigenvalue weighted by Crippen LogP contribution is -2.10. The van der Waals surface area contributed by atoms with Gasteiger partial charge in [-0.3, -0.25) is 9.59 Å². The van der Waals surface area contributed by atoms with Gasteiger partial charge in [0.25, 0.3) is 0 Å². The van der Waals surface area contributed by atoms with E-state index in [2.05, 4.69) is 0 Å². The molecule has 4 rings (SSSR count). The molecule has 0 radical (unpaired) electrons. The maximum Gasteiger partial charge on any atom is 0.323 e. The molecular weight excluding hydrogens is 563 g/mol. The number of aliphatic carboxylic acids is 2. The zero-order chi connectivity index (χ0) is 30.9. The van der Waals surface area contributed by atoms with E-state index in [1.165, 1.54) is 0 Å². The number of benzene rings is 3. The van der Waals surface area contributed by atoms with Crippen LogP contribution in [-0.2, 0) is 22.6 Å². The van der Waals surface area contributed by atoms with Gasteiger partial charge in [-0.15, -0.1) is 0 Å². The molecule has 0 fully saturated rings. The molecule has 10 heteroatoms. The van der Waals surface area contributed by atoms with E-state index in [0.717, 1.165) is 33.3 Å². The van der Waals surface area contributed by atoms with E-state index in [1.54, 1.807) is 4.57 Å². The highest BCUT2D eigenvalue weighted by Gasteiger charge is 2.18. The van der Waals surface area contributed by atoms with Crippen LogP contribution in [0.5, 0.6) is 11.5 Å². The van der Waals surface area contributed by atoms with Crippen LogP contribution in [0.1, 0.15) is 48.1 Å². The van der Waals surface area contributed by atoms with Gasteiger partial charge >= 0.3 is 11.9 Å². The number of halogens is 3. The minimum absolute atomic E-state index is 0.0404. The summed E-state index contributed by atoms with van der Waals surface area (Å²) < 4.78 is 52.9. The maximum absolute atomic E-state index is 13.6. The second-order valence-corrected chi connectivity index (χ2v) is 10.0. The van der Waals surface area contributed by atoms with E-state index in [4.69, 9.17) is 14.6 Å². The van der Waals surface area contributed by atoms with E-state index < -0.39 is 35.1 Å². The van der Waals surface area contributed by atoms with Crippen molar-refractivity contribution in [3.05, 3.63) is 94.4 Å². The summed E-state index contributed by atoms with van der Waals surface area (Å²) in [5, 5.41) is 19.5. The van der Waals surface area contributed by atoms with E-state index in [1.807, 2.05) is 61.5 Å². The number of hydrogen-bond donors (Lipinski definition) is 2. The number of carboxylic acids is 2. The number of rotatable bonds is 15. The Hall–Kier alpha value is -4.73. The molecule has 0 atom stereocenters. The maximum atomic E-state index is 13.6. The number of carbonyl (C=O) groups is 2. The van der Waals surface area contributed by atoms with Crippen LogP contribution in [0, 0.1) is 24.4 Å². The molecule has 0 bridgehead atoms. The first-order chi connectivity index (χ1) is 20.6. The van der Waals surface area contributed by atoms with Crippen molar-refractivity contribution in [2.45, 2.75) is 45.6 Å². The van der Waals surface area contributed by atoms with Gasteiger partial charge < -0.3 is 24.3 Å². The van der Waals surface area contributed by atoms with Gasteiger partial charge in [0.15, 0.2) is 17.4 Å². The Balaban J connectivity index is 1.37. The van der Waals surface area contributed by atoms with Gasteiger partial charge in [-0.1, -0.05) is 42.5 Å². The predicted molar refractivity (Wildman–Crippen MR) is 157 cm³/mol. The molecule has 0 unspecified atom stereocenters. The molecule has 0 amide bonds. The van der Waals surface area contributed by atoms with Crippen molar-refractivity contribution < 1.29 is 42.4 Å². The van der Waals surface area contributed by atoms with Gasteiger partial charge in [0, 0.05) is 29.6 Å². The first-order valence-electron chi connectivity index (χ1n) is 13.9. The zero-order valence-electron chi connectivity index (χ0n) is 23.6. The van der Waals surface area contributed by atoms with Crippen molar-refractivity contribution in [1.29, 1.82) is 0 Å². The molecule has 1 aromatic heterocycles. The number of para-hydroxylation sites is 1. The van der Waals surface area contributed by atoms with Crippen molar-refractivity contribution in [3.8, 4) is 11.5 Å². The summed E-state index contributed by atoms with van der Waals surface area (Å²) in [5.74, 6) is -4.94. The molecule has 0 aliphatic carbocycles. The molecule has 7 nitrogen and oxygen atoms in total. The lowest BCUT2D eigenvalue weighted by atomic mass is 10.0. The Morgan fingerprint density at radius 3 is 2.19 bits per heavy atom. The van der Waals surface area contributed by atoms with Crippen molar-refractivity contribution in [3.63, 3.8) is 0 Å². The van der Waals surface area contributed by atoms with Gasteiger partial charge in [-0.2, -0.15) is 0 Å². The number of unbranched alkanes of at least 4 members (excludes halogenated alkanes) is 1. The number of aryl methyl sites for hydroxylation is 1. The normalized spacial score (nSPS) is 11.3. The quantitative estimate of drug-likeness (QED) is 0.111. The standard InChI is InChI=1S/C33H32F3NO6/c1-21-26(7-5-9-30(38)39)27-8-4-6-23(32(27)37(21)20-31(40)41)13-10-22-11-14-25(15-12-22)42-16-2-3-17-43-33-28(35)18-24(34)19-29(33)36/h4,6,8,10-15,18-19H,2-3,5,7,9,16-17,20H2,1H3,(H,38,39)(H,40,41). The number of ether oxygens (including phenoxy) is 2. The highest BCUT2D eigenvalue weighted by atomic mass is 19.1. The Labute approximate surface area is 246 Å². The van der Waals surface area contributed by atoms with Crippen molar-refractivity contribution in [2.75, 3.05) is 13.2 Å². The molecule has 43 heavy (non-hydrogen) atoms. The van der Waals surface area contributed by atoms with Crippen LogP contribution < -0.4 is 9.47 Å². The lowest BCUT2D eigenvalue weighted by molar-refractivity contribution is -0.138. The largest absolute Gasteiger partial charge is 0.494 e. The molecule has 0 aliphatic rings. The second kappa shape index (κ2) is 14.4. The molecule has 1 heterocycles. The van der Waals surface area contributed by atoms with Crippen LogP contribution in [0.25, 0.3) is 23.1 Å². The first kappa shape index (κ1) is 31.2. The third-order valence-electron chi connectivity index (χ3n) is 6.97. The number of carboxylic acid groups (broad SMARTS) is 2. The topological polar surface area (TPSA) is 98.0 Å². The average Bonchev–Trinajstić information content (AvgIpc) is 3.21. The number of nitrogens with zero attached hydrogens (tertiary/aromatic N) is 1. The number of fused-ring (bicyclic) bond motifs is 1. The SMILES string of the molecule is Cc1c(CCCC(=O)O)c2cccc(C=Cc3ccc(OCCCCOc4c(F)cc(F)cc4F)cc3)c2n1CC(=O)O. The smallest absolute Gasteiger partial charge is 0.323 e. The van der Waals surface area contributed by atoms with Crippen LogP contribution >= 0.6 is 0 Å². The first-order valence-corrected chi connectivity index (χ1v) is 13.9. The summed E-state index contributed by atoms with van der Waals surface area (Å²) in [6, 6.07) is 14.3. The summed E-state index contributed by atoms with van der Waals surface area (Å²) in [6.45, 7) is 2.08. The van der Waals surface area contributed by atoms with Gasteiger partial charge in [-0.25, -0.2) is 13.2 Å². The number of hydrogen-bond acceptors (Lipinski definition) is 4. The fraction of sp³-hybridized carbons (Fsp3) is 0.273. The van der Waals surface area contributed by atoms with Crippen LogP contribution in [0.3, 0.4) is 0 Å². The van der Waals surface area contributed by atoms with E-state index in [0.29, 0.717) is 50.2 Å². The Bertz CT molecular complexity index is 1610. The molecule has 0 spiro atoms. The van der Waals surface area contributed by atoms with E-state index >= 15 is 0 Å². The van der Waals surface area contributed by atoms with Gasteiger partial charge in [0.1, 0.15) is 18.1 Å². The lowest BCUT2D eigenvalue weighted by Gasteiger charge is -2.09. The fourth-order valence-electron chi connectivity index (χ4n) is 4.93. The van der Waals surface area contributed by atoms with Gasteiger partial charge in [0.05, 0.1) is 18.7 Å². The van der Waals surface area contributed by atoms with Crippen LogP contribution in [0.2, 0.25) is 0 Å².